The molecule has 1 aromatic carbocycles. The lowest BCUT2D eigenvalue weighted by atomic mass is 9.86. The number of fused-ring (bicyclic) bond motifs is 1. The number of pyridine rings is 2. The summed E-state index contributed by atoms with van der Waals surface area (Å²) in [5.74, 6) is 0. The Morgan fingerprint density at radius 2 is 1.85 bits per heavy atom. The van der Waals surface area contributed by atoms with Crippen molar-refractivity contribution in [3.8, 4) is 17.2 Å². The Kier molecular flexibility index (Phi) is 4.84. The first kappa shape index (κ1) is 20.7. The van der Waals surface area contributed by atoms with E-state index in [1.165, 1.54) is 0 Å². The van der Waals surface area contributed by atoms with Crippen molar-refractivity contribution in [1.82, 2.24) is 24.8 Å². The van der Waals surface area contributed by atoms with Gasteiger partial charge in [-0.1, -0.05) is 12.1 Å². The van der Waals surface area contributed by atoms with Crippen LogP contribution < -0.4 is 4.90 Å². The topological polar surface area (TPSA) is 105 Å². The molecule has 164 valence electrons. The molecular weight excluding hydrogens is 414 g/mol. The van der Waals surface area contributed by atoms with Gasteiger partial charge in [0, 0.05) is 36.9 Å². The maximum Gasteiger partial charge on any atom is 0.211 e. The van der Waals surface area contributed by atoms with Crippen LogP contribution in [0.1, 0.15) is 25.1 Å². The number of benzene rings is 1. The molecule has 0 saturated heterocycles. The molecule has 0 saturated carbocycles. The molecule has 1 aliphatic rings. The lowest BCUT2D eigenvalue weighted by Gasteiger charge is -2.29. The molecule has 0 fully saturated rings. The first-order chi connectivity index (χ1) is 15.9. The number of nitriles is 1. The fourth-order valence-corrected chi connectivity index (χ4v) is 3.93. The minimum atomic E-state index is -0.872. The molecule has 4 heterocycles. The summed E-state index contributed by atoms with van der Waals surface area (Å²) in [4.78, 5) is 19.8. The van der Waals surface area contributed by atoms with Crippen molar-refractivity contribution in [1.29, 1.82) is 5.26 Å². The van der Waals surface area contributed by atoms with Gasteiger partial charge < -0.3 is 15.0 Å². The van der Waals surface area contributed by atoms with Gasteiger partial charge in [-0.2, -0.15) is 5.26 Å². The van der Waals surface area contributed by atoms with Crippen molar-refractivity contribution in [3.63, 3.8) is 0 Å². The van der Waals surface area contributed by atoms with Gasteiger partial charge in [-0.25, -0.2) is 9.97 Å². The molecule has 0 bridgehead atoms. The Bertz CT molecular complexity index is 1400. The predicted octanol–water partition coefficient (Wildman–Crippen LogP) is 3.85. The Balaban J connectivity index is 1.52. The van der Waals surface area contributed by atoms with Gasteiger partial charge in [-0.3, -0.25) is 9.88 Å². The number of aromatic nitrogens is 4. The largest absolute Gasteiger partial charge is 0.356 e. The van der Waals surface area contributed by atoms with Gasteiger partial charge in [0.05, 0.1) is 34.7 Å². The van der Waals surface area contributed by atoms with Crippen LogP contribution in [-0.4, -0.2) is 43.3 Å². The summed E-state index contributed by atoms with van der Waals surface area (Å²) >= 11 is 0. The number of imidazole rings is 1. The fourth-order valence-electron chi connectivity index (χ4n) is 3.93. The monoisotopic (exact) mass is 437 g/mol. The quantitative estimate of drug-likeness (QED) is 0.500. The van der Waals surface area contributed by atoms with Gasteiger partial charge >= 0.3 is 0 Å². The molecule has 0 spiro atoms. The maximum atomic E-state index is 10.9. The van der Waals surface area contributed by atoms with Crippen LogP contribution in [0.25, 0.3) is 28.0 Å². The van der Waals surface area contributed by atoms with E-state index in [0.29, 0.717) is 5.65 Å². The zero-order chi connectivity index (χ0) is 23.2. The Morgan fingerprint density at radius 1 is 1.06 bits per heavy atom. The highest BCUT2D eigenvalue weighted by molar-refractivity contribution is 5.83. The molecule has 8 nitrogen and oxygen atoms in total. The smallest absolute Gasteiger partial charge is 0.211 e. The molecule has 33 heavy (non-hydrogen) atoms. The predicted molar refractivity (Wildman–Crippen MR) is 126 cm³/mol. The van der Waals surface area contributed by atoms with Crippen LogP contribution in [0, 0.1) is 11.3 Å². The first-order valence-electron chi connectivity index (χ1n) is 10.6. The molecule has 1 unspecified atom stereocenters. The van der Waals surface area contributed by atoms with Crippen LogP contribution in [0.5, 0.6) is 0 Å². The number of aromatic amines is 1. The van der Waals surface area contributed by atoms with Crippen molar-refractivity contribution in [2.24, 2.45) is 0 Å². The Labute approximate surface area is 191 Å². The van der Waals surface area contributed by atoms with Crippen molar-refractivity contribution in [2.45, 2.75) is 25.6 Å². The zero-order valence-electron chi connectivity index (χ0n) is 18.6. The average Bonchev–Trinajstić information content (AvgIpc) is 3.43. The van der Waals surface area contributed by atoms with E-state index in [-0.39, 0.29) is 0 Å². The van der Waals surface area contributed by atoms with Gasteiger partial charge in [0.2, 0.25) is 6.35 Å². The van der Waals surface area contributed by atoms with Gasteiger partial charge in [0.1, 0.15) is 0 Å². The summed E-state index contributed by atoms with van der Waals surface area (Å²) in [7, 11) is 1.82. The molecule has 3 aromatic heterocycles. The third-order valence-corrected chi connectivity index (χ3v) is 5.96. The summed E-state index contributed by atoms with van der Waals surface area (Å²) in [5, 5.41) is 20.3. The van der Waals surface area contributed by atoms with Crippen LogP contribution in [0.2, 0.25) is 0 Å². The van der Waals surface area contributed by atoms with Crippen molar-refractivity contribution in [3.05, 3.63) is 78.6 Å². The van der Waals surface area contributed by atoms with Crippen molar-refractivity contribution < 1.29 is 5.11 Å². The summed E-state index contributed by atoms with van der Waals surface area (Å²) in [6.45, 7) is 3.77. The summed E-state index contributed by atoms with van der Waals surface area (Å²) < 4.78 is 0. The number of aliphatic hydroxyl groups is 1. The second-order valence-corrected chi connectivity index (χ2v) is 8.61. The van der Waals surface area contributed by atoms with Crippen molar-refractivity contribution >= 4 is 22.5 Å². The summed E-state index contributed by atoms with van der Waals surface area (Å²) in [6.07, 6.45) is 6.17. The van der Waals surface area contributed by atoms with Crippen LogP contribution >= 0.6 is 0 Å². The number of anilines is 1. The minimum absolute atomic E-state index is 0.586. The van der Waals surface area contributed by atoms with Crippen LogP contribution in [0.3, 0.4) is 0 Å². The third kappa shape index (κ3) is 3.58. The molecule has 0 radical (unpaired) electrons. The normalized spacial score (nSPS) is 16.2. The van der Waals surface area contributed by atoms with Gasteiger partial charge in [-0.15, -0.1) is 0 Å². The highest BCUT2D eigenvalue weighted by Gasteiger charge is 2.31. The van der Waals surface area contributed by atoms with E-state index in [2.05, 4.69) is 26.0 Å². The highest BCUT2D eigenvalue weighted by atomic mass is 16.3. The fraction of sp³-hybridized carbons (Fsp3) is 0.200. The van der Waals surface area contributed by atoms with Crippen molar-refractivity contribution in [2.75, 3.05) is 11.9 Å². The van der Waals surface area contributed by atoms with E-state index >= 15 is 0 Å². The Morgan fingerprint density at radius 3 is 2.61 bits per heavy atom. The third-order valence-electron chi connectivity index (χ3n) is 5.96. The molecular formula is C25H23N7O. The number of rotatable bonds is 4. The number of aliphatic hydroxyl groups excluding tert-OH is 1. The van der Waals surface area contributed by atoms with E-state index in [4.69, 9.17) is 0 Å². The van der Waals surface area contributed by atoms with E-state index < -0.39 is 11.8 Å². The van der Waals surface area contributed by atoms with Gasteiger partial charge in [0.15, 0.2) is 5.65 Å². The number of hydrogen-bond donors (Lipinski definition) is 2. The maximum absolute atomic E-state index is 10.9. The van der Waals surface area contributed by atoms with Crippen LogP contribution in [0.15, 0.2) is 67.4 Å². The Hall–Kier alpha value is -4.22. The first-order valence-corrected chi connectivity index (χ1v) is 10.6. The SMILES string of the molecule is CN1C=C(c2cc(-c3cnc4nc[nH]c4c3)ccn2)N(c2ccc(C(C)(C)C#N)cc2)C1O. The number of nitrogens with zero attached hydrogens (tertiary/aromatic N) is 6. The van der Waals surface area contributed by atoms with Crippen LogP contribution in [-0.2, 0) is 5.41 Å². The second kappa shape index (κ2) is 7.73. The second-order valence-electron chi connectivity index (χ2n) is 8.61. The summed E-state index contributed by atoms with van der Waals surface area (Å²) in [6, 6.07) is 15.9. The molecule has 1 atom stereocenters. The highest BCUT2D eigenvalue weighted by Crippen LogP contribution is 2.35. The van der Waals surface area contributed by atoms with Crippen LogP contribution in [0.4, 0.5) is 5.69 Å². The molecule has 5 rings (SSSR count). The van der Waals surface area contributed by atoms with Gasteiger partial charge in [0.25, 0.3) is 0 Å². The van der Waals surface area contributed by atoms with E-state index in [1.54, 1.807) is 23.6 Å². The van der Waals surface area contributed by atoms with E-state index in [9.17, 15) is 10.4 Å². The number of hydrogen-bond acceptors (Lipinski definition) is 7. The molecule has 1 aliphatic heterocycles. The van der Waals surface area contributed by atoms with E-state index in [1.807, 2.05) is 74.5 Å². The van der Waals surface area contributed by atoms with E-state index in [0.717, 1.165) is 39.3 Å². The lowest BCUT2D eigenvalue weighted by molar-refractivity contribution is 0.0735. The molecule has 0 amide bonds. The summed E-state index contributed by atoms with van der Waals surface area (Å²) in [5.41, 5.74) is 6.08. The number of H-pyrrole nitrogens is 1. The molecule has 0 aliphatic carbocycles. The minimum Gasteiger partial charge on any atom is -0.356 e. The number of nitrogens with one attached hydrogen (secondary N) is 1. The molecule has 2 N–H and O–H groups in total. The lowest BCUT2D eigenvalue weighted by Crippen LogP contribution is -2.37. The van der Waals surface area contributed by atoms with Gasteiger partial charge in [-0.05, 0) is 55.3 Å². The standard InChI is InChI=1S/C25H23N7O/c1-25(2,14-26)18-4-6-19(7-5-18)32-22(13-31(3)24(32)33)20-10-16(8-9-27-20)17-11-21-23(28-12-17)30-15-29-21/h4-13,15,24,33H,1-3H3,(H,28,29,30). The zero-order valence-corrected chi connectivity index (χ0v) is 18.6. The molecule has 8 heteroatoms. The molecule has 4 aromatic rings. The average molecular weight is 438 g/mol.